The first-order valence-corrected chi connectivity index (χ1v) is 7.98. The van der Waals surface area contributed by atoms with E-state index < -0.39 is 0 Å². The van der Waals surface area contributed by atoms with E-state index in [-0.39, 0.29) is 11.2 Å². The summed E-state index contributed by atoms with van der Waals surface area (Å²) in [5, 5.41) is 6.70. The fourth-order valence-electron chi connectivity index (χ4n) is 2.62. The van der Waals surface area contributed by atoms with E-state index in [0.29, 0.717) is 18.2 Å². The molecule has 0 atom stereocenters. The Hall–Kier alpha value is -1.84. The van der Waals surface area contributed by atoms with Crippen LogP contribution >= 0.6 is 0 Å². The number of rotatable bonds is 5. The van der Waals surface area contributed by atoms with Crippen molar-refractivity contribution >= 4 is 5.96 Å². The van der Waals surface area contributed by atoms with Crippen molar-refractivity contribution in [3.63, 3.8) is 0 Å². The zero-order valence-corrected chi connectivity index (χ0v) is 13.7. The average Bonchev–Trinajstić information content (AvgIpc) is 2.98. The Morgan fingerprint density at radius 3 is 2.59 bits per heavy atom. The molecule has 2 N–H and O–H groups in total. The zero-order valence-electron chi connectivity index (χ0n) is 13.7. The third-order valence-electron chi connectivity index (χ3n) is 3.93. The van der Waals surface area contributed by atoms with E-state index >= 15 is 0 Å². The summed E-state index contributed by atoms with van der Waals surface area (Å²) in [7, 11) is 0. The summed E-state index contributed by atoms with van der Waals surface area (Å²) < 4.78 is 14.0. The maximum absolute atomic E-state index is 14.0. The highest BCUT2D eigenvalue weighted by Crippen LogP contribution is 2.25. The monoisotopic (exact) mass is 303 g/mol. The minimum Gasteiger partial charge on any atom is -0.357 e. The summed E-state index contributed by atoms with van der Waals surface area (Å²) in [5.41, 5.74) is 0.360. The van der Waals surface area contributed by atoms with Gasteiger partial charge in [-0.3, -0.25) is 4.99 Å². The molecule has 0 saturated carbocycles. The van der Waals surface area contributed by atoms with Crippen LogP contribution in [0, 0.1) is 5.82 Å². The first kappa shape index (κ1) is 16.5. The van der Waals surface area contributed by atoms with Crippen LogP contribution < -0.4 is 10.6 Å². The minimum absolute atomic E-state index is 0.166. The summed E-state index contributed by atoms with van der Waals surface area (Å²) in [4.78, 5) is 4.67. The number of aliphatic imine (C=N–C) groups is 1. The van der Waals surface area contributed by atoms with Gasteiger partial charge in [-0.05, 0) is 31.4 Å². The Balaban J connectivity index is 2.06. The number of benzene rings is 1. The van der Waals surface area contributed by atoms with Gasteiger partial charge in [0.05, 0.1) is 6.54 Å². The molecule has 0 aliphatic heterocycles. The van der Waals surface area contributed by atoms with Crippen molar-refractivity contribution in [3.8, 4) is 0 Å². The number of hydrogen-bond acceptors (Lipinski definition) is 1. The quantitative estimate of drug-likeness (QED) is 0.497. The number of guanidine groups is 1. The lowest BCUT2D eigenvalue weighted by Gasteiger charge is -2.25. The smallest absolute Gasteiger partial charge is 0.191 e. The normalized spacial score (nSPS) is 16.1. The molecule has 22 heavy (non-hydrogen) atoms. The summed E-state index contributed by atoms with van der Waals surface area (Å²) in [6.07, 6.45) is 6.43. The molecule has 1 aliphatic rings. The van der Waals surface area contributed by atoms with Gasteiger partial charge >= 0.3 is 0 Å². The SMILES string of the molecule is CCNC(=NCC(C)(C)c1ccccc1F)NC1CC=CC1. The minimum atomic E-state index is -0.346. The van der Waals surface area contributed by atoms with Crippen molar-refractivity contribution in [3.05, 3.63) is 47.8 Å². The van der Waals surface area contributed by atoms with Gasteiger partial charge in [-0.1, -0.05) is 44.2 Å². The van der Waals surface area contributed by atoms with Gasteiger partial charge in [0.15, 0.2) is 5.96 Å². The Bertz CT molecular complexity index is 541. The number of nitrogens with one attached hydrogen (secondary N) is 2. The molecule has 0 radical (unpaired) electrons. The van der Waals surface area contributed by atoms with Gasteiger partial charge in [-0.2, -0.15) is 0 Å². The van der Waals surface area contributed by atoms with Crippen molar-refractivity contribution in [2.24, 2.45) is 4.99 Å². The third kappa shape index (κ3) is 4.33. The van der Waals surface area contributed by atoms with Gasteiger partial charge < -0.3 is 10.6 Å². The molecule has 0 saturated heterocycles. The number of halogens is 1. The molecular formula is C18H26FN3. The van der Waals surface area contributed by atoms with Crippen LogP contribution in [0.15, 0.2) is 41.4 Å². The first-order chi connectivity index (χ1) is 10.5. The molecule has 0 bridgehead atoms. The summed E-state index contributed by atoms with van der Waals surface area (Å²) in [6.45, 7) is 7.44. The number of nitrogens with zero attached hydrogens (tertiary/aromatic N) is 1. The van der Waals surface area contributed by atoms with Crippen LogP contribution in [0.2, 0.25) is 0 Å². The highest BCUT2D eigenvalue weighted by atomic mass is 19.1. The second-order valence-corrected chi connectivity index (χ2v) is 6.34. The maximum atomic E-state index is 14.0. The largest absolute Gasteiger partial charge is 0.357 e. The van der Waals surface area contributed by atoms with Crippen molar-refractivity contribution < 1.29 is 4.39 Å². The van der Waals surface area contributed by atoms with Gasteiger partial charge in [0.1, 0.15) is 5.82 Å². The first-order valence-electron chi connectivity index (χ1n) is 7.98. The van der Waals surface area contributed by atoms with Crippen LogP contribution in [-0.4, -0.2) is 25.1 Å². The Morgan fingerprint density at radius 1 is 1.27 bits per heavy atom. The molecule has 0 heterocycles. The molecule has 1 aromatic carbocycles. The number of hydrogen-bond donors (Lipinski definition) is 2. The van der Waals surface area contributed by atoms with Crippen molar-refractivity contribution in [1.29, 1.82) is 0 Å². The lowest BCUT2D eigenvalue weighted by atomic mass is 9.84. The Morgan fingerprint density at radius 2 is 1.95 bits per heavy atom. The topological polar surface area (TPSA) is 36.4 Å². The van der Waals surface area contributed by atoms with E-state index in [9.17, 15) is 4.39 Å². The summed E-state index contributed by atoms with van der Waals surface area (Å²) in [6, 6.07) is 7.35. The fraction of sp³-hybridized carbons (Fsp3) is 0.500. The van der Waals surface area contributed by atoms with Gasteiger partial charge in [-0.15, -0.1) is 0 Å². The Labute approximate surface area is 132 Å². The Kier molecular flexibility index (Phi) is 5.58. The van der Waals surface area contributed by atoms with Gasteiger partial charge in [0.2, 0.25) is 0 Å². The van der Waals surface area contributed by atoms with E-state index in [2.05, 4.69) is 27.8 Å². The highest BCUT2D eigenvalue weighted by molar-refractivity contribution is 5.80. The van der Waals surface area contributed by atoms with Gasteiger partial charge in [0.25, 0.3) is 0 Å². The van der Waals surface area contributed by atoms with Crippen molar-refractivity contribution in [2.75, 3.05) is 13.1 Å². The van der Waals surface area contributed by atoms with Crippen LogP contribution in [0.1, 0.15) is 39.2 Å². The lowest BCUT2D eigenvalue weighted by Crippen LogP contribution is -2.43. The predicted octanol–water partition coefficient (Wildman–Crippen LogP) is 3.38. The van der Waals surface area contributed by atoms with Crippen LogP contribution in [0.5, 0.6) is 0 Å². The molecule has 120 valence electrons. The van der Waals surface area contributed by atoms with Gasteiger partial charge in [0, 0.05) is 18.0 Å². The van der Waals surface area contributed by atoms with Crippen LogP contribution in [0.4, 0.5) is 4.39 Å². The van der Waals surface area contributed by atoms with E-state index in [1.165, 1.54) is 6.07 Å². The van der Waals surface area contributed by atoms with Crippen LogP contribution in [-0.2, 0) is 5.41 Å². The van der Waals surface area contributed by atoms with E-state index in [4.69, 9.17) is 0 Å². The lowest BCUT2D eigenvalue weighted by molar-refractivity contribution is 0.491. The van der Waals surface area contributed by atoms with Crippen molar-refractivity contribution in [2.45, 2.75) is 45.1 Å². The maximum Gasteiger partial charge on any atom is 0.191 e. The molecule has 0 spiro atoms. The molecular weight excluding hydrogens is 277 g/mol. The van der Waals surface area contributed by atoms with Crippen molar-refractivity contribution in [1.82, 2.24) is 10.6 Å². The second-order valence-electron chi connectivity index (χ2n) is 6.34. The van der Waals surface area contributed by atoms with E-state index in [1.54, 1.807) is 6.07 Å². The molecule has 0 fully saturated rings. The predicted molar refractivity (Wildman–Crippen MR) is 90.7 cm³/mol. The average molecular weight is 303 g/mol. The summed E-state index contributed by atoms with van der Waals surface area (Å²) >= 11 is 0. The second kappa shape index (κ2) is 7.43. The summed E-state index contributed by atoms with van der Waals surface area (Å²) in [5.74, 6) is 0.640. The molecule has 4 heteroatoms. The molecule has 0 aromatic heterocycles. The molecule has 1 aromatic rings. The molecule has 1 aliphatic carbocycles. The molecule has 0 unspecified atom stereocenters. The molecule has 2 rings (SSSR count). The van der Waals surface area contributed by atoms with Crippen LogP contribution in [0.25, 0.3) is 0 Å². The molecule has 0 amide bonds. The van der Waals surface area contributed by atoms with E-state index in [1.807, 2.05) is 32.9 Å². The van der Waals surface area contributed by atoms with E-state index in [0.717, 1.165) is 25.3 Å². The van der Waals surface area contributed by atoms with Gasteiger partial charge in [-0.25, -0.2) is 4.39 Å². The van der Waals surface area contributed by atoms with Crippen LogP contribution in [0.3, 0.4) is 0 Å². The zero-order chi connectivity index (χ0) is 16.0. The highest BCUT2D eigenvalue weighted by Gasteiger charge is 2.24. The molecule has 3 nitrogen and oxygen atoms in total. The fourth-order valence-corrected chi connectivity index (χ4v) is 2.62. The third-order valence-corrected chi connectivity index (χ3v) is 3.93. The standard InChI is InChI=1S/C18H26FN3/c1-4-20-17(22-14-9-5-6-10-14)21-13-18(2,3)15-11-7-8-12-16(15)19/h5-8,11-12,14H,4,9-10,13H2,1-3H3,(H2,20,21,22).